The van der Waals surface area contributed by atoms with Crippen molar-refractivity contribution in [2.75, 3.05) is 12.4 Å². The lowest BCUT2D eigenvalue weighted by Gasteiger charge is -2.05. The molecule has 0 spiro atoms. The van der Waals surface area contributed by atoms with Gasteiger partial charge in [0.05, 0.1) is 18.9 Å². The van der Waals surface area contributed by atoms with Gasteiger partial charge in [0.1, 0.15) is 5.75 Å². The number of hydrogen-bond donors (Lipinski definition) is 3. The molecule has 0 aliphatic carbocycles. The number of hydrogen-bond acceptors (Lipinski definition) is 6. The van der Waals surface area contributed by atoms with E-state index in [-0.39, 0.29) is 5.75 Å². The maximum atomic E-state index is 11.8. The molecular weight excluding hydrogens is 326 g/mol. The molecule has 0 fully saturated rings. The number of amides is 2. The van der Waals surface area contributed by atoms with Gasteiger partial charge in [0.15, 0.2) is 0 Å². The maximum absolute atomic E-state index is 11.8. The Bertz CT molecular complexity index is 815. The maximum Gasteiger partial charge on any atom is 0.337 e. The van der Waals surface area contributed by atoms with Gasteiger partial charge in [-0.25, -0.2) is 10.2 Å². The van der Waals surface area contributed by atoms with Crippen molar-refractivity contribution in [1.82, 2.24) is 5.43 Å². The Balaban J connectivity index is 1.91. The minimum absolute atomic E-state index is 0.00403. The molecule has 0 unspecified atom stereocenters. The quantitative estimate of drug-likeness (QED) is 0.335. The van der Waals surface area contributed by atoms with Crippen LogP contribution in [0.3, 0.4) is 0 Å². The number of phenolic OH excluding ortho intramolecular Hbond substituents is 1. The number of phenols is 1. The Kier molecular flexibility index (Phi) is 5.83. The first-order valence-corrected chi connectivity index (χ1v) is 7.12. The van der Waals surface area contributed by atoms with Crippen molar-refractivity contribution in [1.29, 1.82) is 0 Å². The molecule has 0 saturated carbocycles. The van der Waals surface area contributed by atoms with Crippen LogP contribution in [0, 0.1) is 0 Å². The lowest BCUT2D eigenvalue weighted by atomic mass is 10.2. The van der Waals surface area contributed by atoms with Gasteiger partial charge in [-0.2, -0.15) is 5.10 Å². The van der Waals surface area contributed by atoms with E-state index in [1.165, 1.54) is 43.7 Å². The third-order valence-electron chi connectivity index (χ3n) is 3.08. The summed E-state index contributed by atoms with van der Waals surface area (Å²) in [6.45, 7) is 0. The molecule has 0 bridgehead atoms. The van der Waals surface area contributed by atoms with E-state index in [0.29, 0.717) is 16.8 Å². The lowest BCUT2D eigenvalue weighted by molar-refractivity contribution is -0.136. The van der Waals surface area contributed by atoms with Gasteiger partial charge in [0, 0.05) is 11.3 Å². The molecule has 0 aliphatic rings. The number of hydrazone groups is 1. The van der Waals surface area contributed by atoms with Crippen molar-refractivity contribution in [2.45, 2.75) is 0 Å². The van der Waals surface area contributed by atoms with Crippen LogP contribution in [0.2, 0.25) is 0 Å². The summed E-state index contributed by atoms with van der Waals surface area (Å²) in [5.74, 6) is -2.42. The predicted molar refractivity (Wildman–Crippen MR) is 90.3 cm³/mol. The van der Waals surface area contributed by atoms with E-state index >= 15 is 0 Å². The fourth-order valence-corrected chi connectivity index (χ4v) is 1.80. The first kappa shape index (κ1) is 17.7. The SMILES string of the molecule is COC(=O)c1ccc(NC(=O)C(=O)N/N=C\c2ccccc2O)cc1. The molecule has 0 radical (unpaired) electrons. The summed E-state index contributed by atoms with van der Waals surface area (Å²) in [6, 6.07) is 12.2. The summed E-state index contributed by atoms with van der Waals surface area (Å²) in [6.07, 6.45) is 1.21. The van der Waals surface area contributed by atoms with Gasteiger partial charge in [-0.3, -0.25) is 9.59 Å². The summed E-state index contributed by atoms with van der Waals surface area (Å²) >= 11 is 0. The van der Waals surface area contributed by atoms with E-state index in [1.807, 2.05) is 0 Å². The van der Waals surface area contributed by atoms with E-state index in [1.54, 1.807) is 18.2 Å². The molecule has 0 atom stereocenters. The number of benzene rings is 2. The number of esters is 1. The van der Waals surface area contributed by atoms with Gasteiger partial charge in [0.2, 0.25) is 0 Å². The van der Waals surface area contributed by atoms with Crippen molar-refractivity contribution in [3.63, 3.8) is 0 Å². The van der Waals surface area contributed by atoms with E-state index in [4.69, 9.17) is 0 Å². The van der Waals surface area contributed by atoms with Crippen LogP contribution in [0.1, 0.15) is 15.9 Å². The highest BCUT2D eigenvalue weighted by atomic mass is 16.5. The molecule has 0 aliphatic heterocycles. The van der Waals surface area contributed by atoms with Crippen LogP contribution in [0.4, 0.5) is 5.69 Å². The summed E-state index contributed by atoms with van der Waals surface area (Å²) in [5.41, 5.74) is 3.09. The molecule has 0 heterocycles. The fourth-order valence-electron chi connectivity index (χ4n) is 1.80. The Morgan fingerprint density at radius 3 is 2.36 bits per heavy atom. The molecule has 0 saturated heterocycles. The van der Waals surface area contributed by atoms with Crippen LogP contribution in [-0.4, -0.2) is 36.2 Å². The predicted octanol–water partition coefficient (Wildman–Crippen LogP) is 1.27. The number of para-hydroxylation sites is 1. The number of aromatic hydroxyl groups is 1. The van der Waals surface area contributed by atoms with Crippen molar-refractivity contribution in [3.8, 4) is 5.75 Å². The number of carbonyl (C=O) groups is 3. The Morgan fingerprint density at radius 2 is 1.72 bits per heavy atom. The van der Waals surface area contributed by atoms with Crippen LogP contribution >= 0.6 is 0 Å². The molecular formula is C17H15N3O5. The van der Waals surface area contributed by atoms with E-state index in [0.717, 1.165) is 0 Å². The monoisotopic (exact) mass is 341 g/mol. The number of methoxy groups -OCH3 is 1. The standard InChI is InChI=1S/C17H15N3O5/c1-25-17(24)11-6-8-13(9-7-11)19-15(22)16(23)20-18-10-12-4-2-3-5-14(12)21/h2-10,21H,1H3,(H,19,22)(H,20,23)/b18-10-. The van der Waals surface area contributed by atoms with Crippen molar-refractivity contribution in [2.24, 2.45) is 5.10 Å². The van der Waals surface area contributed by atoms with Gasteiger partial charge < -0.3 is 15.2 Å². The highest BCUT2D eigenvalue weighted by Crippen LogP contribution is 2.12. The Labute approximate surface area is 143 Å². The Morgan fingerprint density at radius 1 is 1.04 bits per heavy atom. The largest absolute Gasteiger partial charge is 0.507 e. The van der Waals surface area contributed by atoms with Crippen LogP contribution in [-0.2, 0) is 14.3 Å². The fraction of sp³-hybridized carbons (Fsp3) is 0.0588. The number of anilines is 1. The van der Waals surface area contributed by atoms with Crippen LogP contribution in [0.5, 0.6) is 5.75 Å². The number of nitrogens with one attached hydrogen (secondary N) is 2. The first-order valence-electron chi connectivity index (χ1n) is 7.12. The lowest BCUT2D eigenvalue weighted by Crippen LogP contribution is -2.32. The molecule has 0 aromatic heterocycles. The topological polar surface area (TPSA) is 117 Å². The number of nitrogens with zero attached hydrogens (tertiary/aromatic N) is 1. The van der Waals surface area contributed by atoms with Gasteiger partial charge in [-0.1, -0.05) is 12.1 Å². The molecule has 2 aromatic carbocycles. The average Bonchev–Trinajstić information content (AvgIpc) is 2.63. The first-order chi connectivity index (χ1) is 12.0. The second-order valence-corrected chi connectivity index (χ2v) is 4.78. The van der Waals surface area contributed by atoms with Gasteiger partial charge in [0.25, 0.3) is 0 Å². The summed E-state index contributed by atoms with van der Waals surface area (Å²) in [4.78, 5) is 34.7. The summed E-state index contributed by atoms with van der Waals surface area (Å²) < 4.78 is 4.56. The molecule has 2 aromatic rings. The average molecular weight is 341 g/mol. The van der Waals surface area contributed by atoms with Crippen LogP contribution in [0.15, 0.2) is 53.6 Å². The van der Waals surface area contributed by atoms with Gasteiger partial charge in [-0.15, -0.1) is 0 Å². The van der Waals surface area contributed by atoms with E-state index in [2.05, 4.69) is 20.6 Å². The van der Waals surface area contributed by atoms with Gasteiger partial charge >= 0.3 is 17.8 Å². The number of carbonyl (C=O) groups excluding carboxylic acids is 3. The molecule has 128 valence electrons. The molecule has 8 nitrogen and oxygen atoms in total. The summed E-state index contributed by atoms with van der Waals surface area (Å²) in [5, 5.41) is 15.5. The number of ether oxygens (including phenoxy) is 1. The van der Waals surface area contributed by atoms with Crippen LogP contribution < -0.4 is 10.7 Å². The molecule has 8 heteroatoms. The zero-order valence-electron chi connectivity index (χ0n) is 13.2. The third kappa shape index (κ3) is 4.90. The molecule has 2 rings (SSSR count). The van der Waals surface area contributed by atoms with E-state index in [9.17, 15) is 19.5 Å². The molecule has 25 heavy (non-hydrogen) atoms. The van der Waals surface area contributed by atoms with E-state index < -0.39 is 17.8 Å². The van der Waals surface area contributed by atoms with Crippen molar-refractivity contribution < 1.29 is 24.2 Å². The molecule has 2 amide bonds. The smallest absolute Gasteiger partial charge is 0.337 e. The summed E-state index contributed by atoms with van der Waals surface area (Å²) in [7, 11) is 1.26. The second kappa shape index (κ2) is 8.25. The normalized spacial score (nSPS) is 10.3. The molecule has 3 N–H and O–H groups in total. The minimum atomic E-state index is -0.983. The highest BCUT2D eigenvalue weighted by molar-refractivity contribution is 6.39. The second-order valence-electron chi connectivity index (χ2n) is 4.78. The van der Waals surface area contributed by atoms with Crippen molar-refractivity contribution >= 4 is 29.7 Å². The van der Waals surface area contributed by atoms with Gasteiger partial charge in [-0.05, 0) is 36.4 Å². The third-order valence-corrected chi connectivity index (χ3v) is 3.08. The minimum Gasteiger partial charge on any atom is -0.507 e. The van der Waals surface area contributed by atoms with Crippen LogP contribution in [0.25, 0.3) is 0 Å². The highest BCUT2D eigenvalue weighted by Gasteiger charge is 2.13. The van der Waals surface area contributed by atoms with Crippen molar-refractivity contribution in [3.05, 3.63) is 59.7 Å². The zero-order valence-corrected chi connectivity index (χ0v) is 13.2. The Hall–Kier alpha value is -3.68. The number of rotatable bonds is 4. The zero-order chi connectivity index (χ0) is 18.2.